The summed E-state index contributed by atoms with van der Waals surface area (Å²) in [7, 11) is -3.47. The fraction of sp³-hybridized carbons (Fsp3) is 0.250. The summed E-state index contributed by atoms with van der Waals surface area (Å²) in [5.41, 5.74) is 1.36. The monoisotopic (exact) mass is 252 g/mol. The summed E-state index contributed by atoms with van der Waals surface area (Å²) in [6, 6.07) is 5.26. The van der Waals surface area contributed by atoms with Crippen LogP contribution in [-0.4, -0.2) is 19.5 Å². The summed E-state index contributed by atoms with van der Waals surface area (Å²) in [5.74, 6) is -0.992. The second-order valence-electron chi connectivity index (χ2n) is 4.00. The Morgan fingerprint density at radius 2 is 2.06 bits per heavy atom. The van der Waals surface area contributed by atoms with E-state index in [1.807, 2.05) is 0 Å². The van der Waals surface area contributed by atoms with Crippen molar-refractivity contribution in [2.24, 2.45) is 0 Å². The highest BCUT2D eigenvalue weighted by Gasteiger charge is 2.30. The van der Waals surface area contributed by atoms with Crippen LogP contribution >= 0.6 is 0 Å². The van der Waals surface area contributed by atoms with E-state index in [0.29, 0.717) is 16.0 Å². The van der Waals surface area contributed by atoms with E-state index in [4.69, 9.17) is 5.11 Å². The predicted octanol–water partition coefficient (Wildman–Crippen LogP) is 1.99. The first-order valence-corrected chi connectivity index (χ1v) is 6.68. The Morgan fingerprint density at radius 1 is 1.35 bits per heavy atom. The van der Waals surface area contributed by atoms with Crippen LogP contribution in [0.2, 0.25) is 0 Å². The third kappa shape index (κ3) is 1.98. The lowest BCUT2D eigenvalue weighted by atomic mass is 10.1. The number of fused-ring (bicyclic) bond motifs is 1. The number of rotatable bonds is 3. The lowest BCUT2D eigenvalue weighted by Gasteiger charge is -2.05. The summed E-state index contributed by atoms with van der Waals surface area (Å²) in [5, 5.41) is 8.59. The highest BCUT2D eigenvalue weighted by molar-refractivity contribution is 7.95. The molecule has 1 N–H and O–H groups in total. The Bertz CT molecular complexity index is 611. The zero-order valence-corrected chi connectivity index (χ0v) is 10.1. The first-order chi connectivity index (χ1) is 7.93. The molecule has 0 spiro atoms. The maximum absolute atomic E-state index is 12.2. The number of hydrogen-bond acceptors (Lipinski definition) is 3. The average Bonchev–Trinajstić information content (AvgIpc) is 2.48. The van der Waals surface area contributed by atoms with Gasteiger partial charge in [-0.2, -0.15) is 0 Å². The molecule has 1 aromatic rings. The molecule has 0 amide bonds. The maximum Gasteiger partial charge on any atom is 0.303 e. The second kappa shape index (κ2) is 4.00. The smallest absolute Gasteiger partial charge is 0.303 e. The fourth-order valence-electron chi connectivity index (χ4n) is 1.97. The molecule has 0 aliphatic carbocycles. The van der Waals surface area contributed by atoms with Crippen molar-refractivity contribution in [1.29, 1.82) is 0 Å². The van der Waals surface area contributed by atoms with Crippen molar-refractivity contribution in [1.82, 2.24) is 0 Å². The molecule has 1 aromatic carbocycles. The molecule has 0 unspecified atom stereocenters. The van der Waals surface area contributed by atoms with E-state index in [9.17, 15) is 13.2 Å². The van der Waals surface area contributed by atoms with Crippen molar-refractivity contribution in [3.63, 3.8) is 0 Å². The second-order valence-corrected chi connectivity index (χ2v) is 5.94. The van der Waals surface area contributed by atoms with Gasteiger partial charge in [0.1, 0.15) is 0 Å². The van der Waals surface area contributed by atoms with Crippen LogP contribution in [0.15, 0.2) is 28.0 Å². The van der Waals surface area contributed by atoms with Gasteiger partial charge in [-0.05, 0) is 30.5 Å². The van der Waals surface area contributed by atoms with Gasteiger partial charge in [0, 0.05) is 0 Å². The molecule has 5 heteroatoms. The zero-order chi connectivity index (χ0) is 12.6. The third-order valence-electron chi connectivity index (χ3n) is 2.76. The topological polar surface area (TPSA) is 71.4 Å². The number of benzene rings is 1. The molecule has 2 rings (SSSR count). The molecule has 0 saturated carbocycles. The molecule has 0 bridgehead atoms. The van der Waals surface area contributed by atoms with Crippen LogP contribution in [0.5, 0.6) is 0 Å². The fourth-order valence-corrected chi connectivity index (χ4v) is 3.82. The zero-order valence-electron chi connectivity index (χ0n) is 9.30. The molecule has 0 aromatic heterocycles. The van der Waals surface area contributed by atoms with Gasteiger partial charge in [-0.25, -0.2) is 8.42 Å². The van der Waals surface area contributed by atoms with Gasteiger partial charge in [0.25, 0.3) is 0 Å². The minimum atomic E-state index is -3.47. The summed E-state index contributed by atoms with van der Waals surface area (Å²) in [4.78, 5) is 11.0. The molecule has 1 heterocycles. The Hall–Kier alpha value is -1.62. The standard InChI is InChI=1S/C12H12O4S/c1-8-3-2-4-9-7-10(5-6-11(13)14)17(15,16)12(8)9/h2-4,7H,5-6H2,1H3,(H,13,14). The molecule has 4 nitrogen and oxygen atoms in total. The molecule has 0 fully saturated rings. The number of hydrogen-bond donors (Lipinski definition) is 1. The lowest BCUT2D eigenvalue weighted by Crippen LogP contribution is -2.04. The Balaban J connectivity index is 2.43. The van der Waals surface area contributed by atoms with Gasteiger partial charge >= 0.3 is 5.97 Å². The van der Waals surface area contributed by atoms with Crippen molar-refractivity contribution >= 4 is 21.9 Å². The van der Waals surface area contributed by atoms with Gasteiger partial charge in [0.05, 0.1) is 16.2 Å². The molecule has 17 heavy (non-hydrogen) atoms. The van der Waals surface area contributed by atoms with Crippen LogP contribution in [0.4, 0.5) is 0 Å². The molecular weight excluding hydrogens is 240 g/mol. The number of aliphatic carboxylic acids is 1. The number of allylic oxidation sites excluding steroid dienone is 1. The molecule has 1 aliphatic heterocycles. The number of sulfone groups is 1. The first-order valence-electron chi connectivity index (χ1n) is 5.20. The molecule has 0 radical (unpaired) electrons. The number of carbonyl (C=O) groups is 1. The van der Waals surface area contributed by atoms with Gasteiger partial charge in [-0.1, -0.05) is 18.2 Å². The Morgan fingerprint density at radius 3 is 2.65 bits per heavy atom. The van der Waals surface area contributed by atoms with Crippen molar-refractivity contribution in [2.45, 2.75) is 24.7 Å². The van der Waals surface area contributed by atoms with Crippen LogP contribution < -0.4 is 0 Å². The van der Waals surface area contributed by atoms with Gasteiger partial charge in [-0.3, -0.25) is 4.79 Å². The van der Waals surface area contributed by atoms with E-state index in [-0.39, 0.29) is 17.7 Å². The van der Waals surface area contributed by atoms with E-state index in [1.165, 1.54) is 0 Å². The van der Waals surface area contributed by atoms with Crippen LogP contribution in [0.3, 0.4) is 0 Å². The minimum Gasteiger partial charge on any atom is -0.481 e. The first kappa shape index (κ1) is 11.9. The highest BCUT2D eigenvalue weighted by Crippen LogP contribution is 2.36. The van der Waals surface area contributed by atoms with Crippen LogP contribution in [-0.2, 0) is 14.6 Å². The molecular formula is C12H12O4S. The maximum atomic E-state index is 12.2. The lowest BCUT2D eigenvalue weighted by molar-refractivity contribution is -0.136. The summed E-state index contributed by atoms with van der Waals surface area (Å²) < 4.78 is 24.3. The van der Waals surface area contributed by atoms with Gasteiger partial charge in [-0.15, -0.1) is 0 Å². The SMILES string of the molecule is Cc1cccc2c1S(=O)(=O)C(CCC(=O)O)=C2. The Kier molecular flexibility index (Phi) is 2.79. The minimum absolute atomic E-state index is 0.0474. The van der Waals surface area contributed by atoms with Crippen molar-refractivity contribution < 1.29 is 18.3 Å². The van der Waals surface area contributed by atoms with E-state index >= 15 is 0 Å². The summed E-state index contributed by atoms with van der Waals surface area (Å²) in [6.07, 6.45) is 1.45. The molecule has 0 saturated heterocycles. The van der Waals surface area contributed by atoms with E-state index < -0.39 is 15.8 Å². The molecule has 90 valence electrons. The number of aryl methyl sites for hydroxylation is 1. The van der Waals surface area contributed by atoms with Crippen molar-refractivity contribution in [3.8, 4) is 0 Å². The normalized spacial score (nSPS) is 16.4. The van der Waals surface area contributed by atoms with Crippen molar-refractivity contribution in [3.05, 3.63) is 34.2 Å². The summed E-state index contributed by atoms with van der Waals surface area (Å²) in [6.45, 7) is 1.74. The van der Waals surface area contributed by atoms with Crippen LogP contribution in [0.25, 0.3) is 6.08 Å². The van der Waals surface area contributed by atoms with Gasteiger partial charge in [0.2, 0.25) is 9.84 Å². The predicted molar refractivity (Wildman–Crippen MR) is 63.2 cm³/mol. The van der Waals surface area contributed by atoms with Gasteiger partial charge in [0.15, 0.2) is 0 Å². The largest absolute Gasteiger partial charge is 0.481 e. The van der Waals surface area contributed by atoms with Crippen molar-refractivity contribution in [2.75, 3.05) is 0 Å². The highest BCUT2D eigenvalue weighted by atomic mass is 32.2. The average molecular weight is 252 g/mol. The van der Waals surface area contributed by atoms with Crippen LogP contribution in [0.1, 0.15) is 24.0 Å². The van der Waals surface area contributed by atoms with E-state index in [2.05, 4.69) is 0 Å². The van der Waals surface area contributed by atoms with Gasteiger partial charge < -0.3 is 5.11 Å². The number of carboxylic acids is 1. The molecule has 1 aliphatic rings. The number of carboxylic acid groups (broad SMARTS) is 1. The quantitative estimate of drug-likeness (QED) is 0.893. The van der Waals surface area contributed by atoms with E-state index in [0.717, 1.165) is 0 Å². The summed E-state index contributed by atoms with van der Waals surface area (Å²) >= 11 is 0. The molecule has 0 atom stereocenters. The van der Waals surface area contributed by atoms with E-state index in [1.54, 1.807) is 31.2 Å². The Labute approximate surface area is 99.5 Å². The third-order valence-corrected chi connectivity index (χ3v) is 4.87. The van der Waals surface area contributed by atoms with Crippen LogP contribution in [0, 0.1) is 6.92 Å².